The molecular formula is C24H18SSi-. The van der Waals surface area contributed by atoms with Gasteiger partial charge in [-0.25, -0.2) is 0 Å². The molecule has 0 radical (unpaired) electrons. The van der Waals surface area contributed by atoms with Crippen LogP contribution in [0.2, 0.25) is 13.1 Å². The Kier molecular flexibility index (Phi) is 2.74. The second kappa shape index (κ2) is 4.85. The molecule has 1 aliphatic rings. The van der Waals surface area contributed by atoms with E-state index in [0.717, 1.165) is 0 Å². The topological polar surface area (TPSA) is 0 Å². The summed E-state index contributed by atoms with van der Waals surface area (Å²) in [7, 11) is -1.59. The van der Waals surface area contributed by atoms with E-state index < -0.39 is 8.07 Å². The van der Waals surface area contributed by atoms with Gasteiger partial charge in [0.25, 0.3) is 0 Å². The Labute approximate surface area is 157 Å². The van der Waals surface area contributed by atoms with Crippen LogP contribution in [0.15, 0.2) is 72.8 Å². The van der Waals surface area contributed by atoms with Crippen LogP contribution in [0.3, 0.4) is 0 Å². The highest BCUT2D eigenvalue weighted by molar-refractivity contribution is 7.26. The molecule has 0 saturated carbocycles. The van der Waals surface area contributed by atoms with E-state index in [-0.39, 0.29) is 0 Å². The van der Waals surface area contributed by atoms with Gasteiger partial charge in [0.2, 0.25) is 0 Å². The Morgan fingerprint density at radius 3 is 2.38 bits per heavy atom. The van der Waals surface area contributed by atoms with Crippen molar-refractivity contribution in [3.8, 4) is 11.1 Å². The summed E-state index contributed by atoms with van der Waals surface area (Å²) in [5, 5.41) is 8.73. The highest BCUT2D eigenvalue weighted by Gasteiger charge is 2.26. The van der Waals surface area contributed by atoms with Crippen LogP contribution in [0.1, 0.15) is 0 Å². The van der Waals surface area contributed by atoms with Crippen molar-refractivity contribution in [2.75, 3.05) is 0 Å². The summed E-state index contributed by atoms with van der Waals surface area (Å²) in [6.07, 6.45) is 0. The second-order valence-electron chi connectivity index (χ2n) is 7.83. The lowest BCUT2D eigenvalue weighted by atomic mass is 10.00. The molecule has 0 aliphatic carbocycles. The first kappa shape index (κ1) is 14.7. The molecule has 0 spiro atoms. The zero-order chi connectivity index (χ0) is 17.5. The third-order valence-corrected chi connectivity index (χ3v) is 10.8. The average molecular weight is 367 g/mol. The van der Waals surface area contributed by atoms with Crippen LogP contribution in [0, 0.1) is 0 Å². The van der Waals surface area contributed by atoms with Crippen molar-refractivity contribution in [2.24, 2.45) is 0 Å². The zero-order valence-electron chi connectivity index (χ0n) is 14.8. The van der Waals surface area contributed by atoms with Gasteiger partial charge in [-0.3, -0.25) is 0 Å². The van der Waals surface area contributed by atoms with E-state index in [2.05, 4.69) is 85.9 Å². The number of fused-ring (bicyclic) bond motifs is 8. The lowest BCUT2D eigenvalue weighted by molar-refractivity contribution is 1.73. The molecule has 0 atom stereocenters. The third-order valence-electron chi connectivity index (χ3n) is 6.06. The highest BCUT2D eigenvalue weighted by Crippen LogP contribution is 2.40. The Bertz CT molecular complexity index is 1360. The molecule has 0 fully saturated rings. The fourth-order valence-corrected chi connectivity index (χ4v) is 9.02. The van der Waals surface area contributed by atoms with E-state index in [1.165, 1.54) is 42.1 Å². The number of benzene rings is 4. The fraction of sp³-hybridized carbons (Fsp3) is 0.0833. The summed E-state index contributed by atoms with van der Waals surface area (Å²) in [5.74, 6) is 0. The van der Waals surface area contributed by atoms with Crippen LogP contribution in [0.4, 0.5) is 0 Å². The van der Waals surface area contributed by atoms with E-state index in [0.29, 0.717) is 0 Å². The van der Waals surface area contributed by atoms with Crippen molar-refractivity contribution in [2.45, 2.75) is 13.1 Å². The van der Waals surface area contributed by atoms with Gasteiger partial charge in [0.05, 0.1) is 0 Å². The van der Waals surface area contributed by atoms with Crippen LogP contribution in [0.5, 0.6) is 0 Å². The molecular weight excluding hydrogens is 348 g/mol. The number of hydrogen-bond acceptors (Lipinski definition) is 1. The maximum atomic E-state index is 2.49. The minimum Gasteiger partial charge on any atom is -0.173 e. The highest BCUT2D eigenvalue weighted by atomic mass is 32.1. The molecule has 0 N–H and O–H groups in total. The van der Waals surface area contributed by atoms with Crippen molar-refractivity contribution < 1.29 is 0 Å². The van der Waals surface area contributed by atoms with Gasteiger partial charge < -0.3 is 0 Å². The van der Waals surface area contributed by atoms with E-state index in [1.54, 1.807) is 10.4 Å². The van der Waals surface area contributed by atoms with Crippen molar-refractivity contribution >= 4 is 60.7 Å². The Hall–Kier alpha value is -2.42. The first-order valence-electron chi connectivity index (χ1n) is 9.13. The first-order valence-corrected chi connectivity index (χ1v) is 12.9. The quantitative estimate of drug-likeness (QED) is 0.294. The van der Waals surface area contributed by atoms with E-state index in [9.17, 15) is 0 Å². The fourth-order valence-electron chi connectivity index (χ4n) is 4.70. The van der Waals surface area contributed by atoms with E-state index in [1.807, 2.05) is 11.3 Å². The van der Waals surface area contributed by atoms with Crippen molar-refractivity contribution in [3.63, 3.8) is 0 Å². The summed E-state index contributed by atoms with van der Waals surface area (Å²) in [6.45, 7) is 4.98. The standard InChI is InChI=1S/C24H18SSi/c1-26(2)22-10-6-4-8-17(22)20-14-19-15(13-23(20)26)11-12-18-16-7-3-5-9-21(16)25-24(18)19/h3-14H,1-2H3/q-1. The Balaban J connectivity index is 1.78. The predicted octanol–water partition coefficient (Wildman–Crippen LogP) is 6.01. The monoisotopic (exact) mass is 366 g/mol. The van der Waals surface area contributed by atoms with Crippen LogP contribution in [-0.4, -0.2) is 8.07 Å². The van der Waals surface area contributed by atoms with Gasteiger partial charge in [-0.05, 0) is 22.9 Å². The molecule has 0 nitrogen and oxygen atoms in total. The van der Waals surface area contributed by atoms with Crippen LogP contribution in [-0.2, 0) is 0 Å². The van der Waals surface area contributed by atoms with E-state index >= 15 is 0 Å². The van der Waals surface area contributed by atoms with Crippen LogP contribution >= 0.6 is 11.3 Å². The zero-order valence-corrected chi connectivity index (χ0v) is 16.7. The van der Waals surface area contributed by atoms with Crippen LogP contribution in [0.25, 0.3) is 42.1 Å². The molecule has 0 amide bonds. The van der Waals surface area contributed by atoms with Gasteiger partial charge in [0.1, 0.15) is 0 Å². The maximum absolute atomic E-state index is 2.49. The summed E-state index contributed by atoms with van der Waals surface area (Å²) >= 11 is 1.93. The van der Waals surface area contributed by atoms with Crippen molar-refractivity contribution in [1.82, 2.24) is 0 Å². The van der Waals surface area contributed by atoms with Gasteiger partial charge in [-0.15, -0.1) is 11.3 Å². The maximum Gasteiger partial charge on any atom is 0.0433 e. The molecule has 0 unspecified atom stereocenters. The minimum atomic E-state index is -1.59. The van der Waals surface area contributed by atoms with Gasteiger partial charge in [-0.2, -0.15) is 23.5 Å². The normalized spacial score (nSPS) is 14.8. The largest absolute Gasteiger partial charge is 0.173 e. The molecule has 0 saturated heterocycles. The molecule has 1 aromatic heterocycles. The molecule has 125 valence electrons. The predicted molar refractivity (Wildman–Crippen MR) is 119 cm³/mol. The number of hydrogen-bond donors (Lipinski definition) is 0. The molecule has 2 heterocycles. The van der Waals surface area contributed by atoms with Crippen LogP contribution < -0.4 is 10.4 Å². The average Bonchev–Trinajstić information content (AvgIpc) is 3.15. The SMILES string of the molecule is C[Si-]1(C)c2ccccc2-c2cc3c(ccc4c5ccccc5sc34)cc21. The Morgan fingerprint density at radius 1 is 0.654 bits per heavy atom. The molecule has 1 aliphatic heterocycles. The summed E-state index contributed by atoms with van der Waals surface area (Å²) in [6, 6.07) is 27.4. The molecule has 26 heavy (non-hydrogen) atoms. The summed E-state index contributed by atoms with van der Waals surface area (Å²) in [5.41, 5.74) is 2.92. The minimum absolute atomic E-state index is 1.38. The van der Waals surface area contributed by atoms with E-state index in [4.69, 9.17) is 0 Å². The van der Waals surface area contributed by atoms with Gasteiger partial charge in [0, 0.05) is 20.2 Å². The summed E-state index contributed by atoms with van der Waals surface area (Å²) < 4.78 is 2.81. The number of thiophene rings is 1. The van der Waals surface area contributed by atoms with Gasteiger partial charge in [-0.1, -0.05) is 79.9 Å². The lowest BCUT2D eigenvalue weighted by Gasteiger charge is -2.32. The van der Waals surface area contributed by atoms with Crippen molar-refractivity contribution in [3.05, 3.63) is 72.8 Å². The smallest absolute Gasteiger partial charge is 0.0433 e. The van der Waals surface area contributed by atoms with Gasteiger partial charge >= 0.3 is 0 Å². The molecule has 5 aromatic rings. The second-order valence-corrected chi connectivity index (χ2v) is 13.2. The van der Waals surface area contributed by atoms with Gasteiger partial charge in [0.15, 0.2) is 0 Å². The summed E-state index contributed by atoms with van der Waals surface area (Å²) in [4.78, 5) is 0. The lowest BCUT2D eigenvalue weighted by Crippen LogP contribution is -2.49. The number of rotatable bonds is 0. The first-order chi connectivity index (χ1) is 12.6. The molecule has 2 heteroatoms. The molecule has 4 aromatic carbocycles. The van der Waals surface area contributed by atoms with Crippen molar-refractivity contribution in [1.29, 1.82) is 0 Å². The Morgan fingerprint density at radius 2 is 1.46 bits per heavy atom. The molecule has 0 bridgehead atoms. The third kappa shape index (κ3) is 1.73. The molecule has 6 rings (SSSR count).